The summed E-state index contributed by atoms with van der Waals surface area (Å²) < 4.78 is 37.7. The standard InChI is InChI=1S/C35H34ClN3O7S.ClH/c1-3-42-35(41)30(18-40)37-17-25-14-27(36)33(16-32(25)45-19-22-7-9-28-29(13-22)39-47-38-28)46-20-24-5-4-6-26(21(24)2)23-8-10-31-34(15-23)44-12-11-43-31;/h4-10,13-16,30,37,40H,3,11-12,17-20H2,1-2H3;1H/t30-;/m1./s1. The maximum absolute atomic E-state index is 12.3. The van der Waals surface area contributed by atoms with Crippen molar-refractivity contribution in [1.29, 1.82) is 0 Å². The van der Waals surface area contributed by atoms with Crippen molar-refractivity contribution in [3.63, 3.8) is 0 Å². The van der Waals surface area contributed by atoms with E-state index in [2.05, 4.69) is 27.1 Å². The Morgan fingerprint density at radius 3 is 2.56 bits per heavy atom. The zero-order chi connectivity index (χ0) is 32.8. The number of nitrogens with one attached hydrogen (secondary N) is 1. The number of aliphatic hydroxyl groups excluding tert-OH is 1. The summed E-state index contributed by atoms with van der Waals surface area (Å²) in [6, 6.07) is 20.4. The molecule has 2 heterocycles. The van der Waals surface area contributed by atoms with E-state index in [9.17, 15) is 9.90 Å². The monoisotopic (exact) mass is 711 g/mol. The van der Waals surface area contributed by atoms with Crippen LogP contribution in [-0.4, -0.2) is 52.3 Å². The fourth-order valence-electron chi connectivity index (χ4n) is 5.26. The van der Waals surface area contributed by atoms with Crippen molar-refractivity contribution in [2.75, 3.05) is 26.4 Å². The molecule has 0 unspecified atom stereocenters. The number of halogens is 2. The van der Waals surface area contributed by atoms with Gasteiger partial charge in [0.1, 0.15) is 55.0 Å². The molecule has 2 N–H and O–H groups in total. The SMILES string of the molecule is CCOC(=O)[C@@H](CO)NCc1cc(Cl)c(OCc2cccc(-c3ccc4c(c3)OCCO4)c2C)cc1OCc1ccc2nsnc2c1.Cl. The number of hydrogen-bond donors (Lipinski definition) is 2. The molecule has 1 aromatic heterocycles. The lowest BCUT2D eigenvalue weighted by molar-refractivity contribution is -0.146. The molecule has 0 saturated carbocycles. The summed E-state index contributed by atoms with van der Waals surface area (Å²) in [5.41, 5.74) is 7.36. The van der Waals surface area contributed by atoms with Gasteiger partial charge in [0, 0.05) is 18.2 Å². The molecular formula is C35H35Cl2N3O7S. The topological polar surface area (TPSA) is 121 Å². The number of carbonyl (C=O) groups is 1. The van der Waals surface area contributed by atoms with Gasteiger partial charge >= 0.3 is 5.97 Å². The summed E-state index contributed by atoms with van der Waals surface area (Å²) in [5.74, 6) is 1.90. The van der Waals surface area contributed by atoms with Crippen LogP contribution in [0.25, 0.3) is 22.2 Å². The Balaban J connectivity index is 0.00000451. The number of ether oxygens (including phenoxy) is 5. The van der Waals surface area contributed by atoms with Gasteiger partial charge in [0.15, 0.2) is 11.5 Å². The number of rotatable bonds is 13. The molecule has 10 nitrogen and oxygen atoms in total. The second kappa shape index (κ2) is 16.3. The molecule has 0 radical (unpaired) electrons. The predicted octanol–water partition coefficient (Wildman–Crippen LogP) is 6.68. The fourth-order valence-corrected chi connectivity index (χ4v) is 6.01. The van der Waals surface area contributed by atoms with Gasteiger partial charge in [-0.15, -0.1) is 12.4 Å². The average Bonchev–Trinajstić information content (AvgIpc) is 3.56. The Bertz CT molecular complexity index is 1890. The van der Waals surface area contributed by atoms with Gasteiger partial charge in [-0.1, -0.05) is 41.9 Å². The number of aromatic nitrogens is 2. The van der Waals surface area contributed by atoms with Crippen LogP contribution >= 0.6 is 35.7 Å². The Hall–Kier alpha value is -4.13. The number of esters is 1. The van der Waals surface area contributed by atoms with E-state index in [1.54, 1.807) is 19.1 Å². The Morgan fingerprint density at radius 1 is 0.958 bits per heavy atom. The zero-order valence-electron chi connectivity index (χ0n) is 26.4. The smallest absolute Gasteiger partial charge is 0.325 e. The van der Waals surface area contributed by atoms with E-state index in [0.29, 0.717) is 35.3 Å². The van der Waals surface area contributed by atoms with Gasteiger partial charge in [0.2, 0.25) is 0 Å². The van der Waals surface area contributed by atoms with E-state index in [0.717, 1.165) is 62.1 Å². The highest BCUT2D eigenvalue weighted by molar-refractivity contribution is 7.00. The molecule has 6 rings (SSSR count). The van der Waals surface area contributed by atoms with Gasteiger partial charge in [-0.25, -0.2) is 0 Å². The zero-order valence-corrected chi connectivity index (χ0v) is 28.8. The Morgan fingerprint density at radius 2 is 1.75 bits per heavy atom. The van der Waals surface area contributed by atoms with Gasteiger partial charge in [-0.2, -0.15) is 8.75 Å². The number of fused-ring (bicyclic) bond motifs is 2. The highest BCUT2D eigenvalue weighted by Gasteiger charge is 2.20. The van der Waals surface area contributed by atoms with Crippen molar-refractivity contribution in [2.45, 2.75) is 39.6 Å². The lowest BCUT2D eigenvalue weighted by Gasteiger charge is -2.20. The van der Waals surface area contributed by atoms with E-state index in [1.807, 2.05) is 48.5 Å². The van der Waals surface area contributed by atoms with E-state index >= 15 is 0 Å². The minimum absolute atomic E-state index is 0. The Labute approximate surface area is 293 Å². The van der Waals surface area contributed by atoms with E-state index in [1.165, 1.54) is 0 Å². The molecule has 13 heteroatoms. The number of carbonyl (C=O) groups excluding carboxylic acids is 1. The van der Waals surface area contributed by atoms with Crippen LogP contribution in [0.4, 0.5) is 0 Å². The molecule has 0 saturated heterocycles. The summed E-state index contributed by atoms with van der Waals surface area (Å²) in [6.07, 6.45) is 0. The molecule has 0 amide bonds. The van der Waals surface area contributed by atoms with Crippen molar-refractivity contribution >= 4 is 52.7 Å². The van der Waals surface area contributed by atoms with Crippen molar-refractivity contribution in [1.82, 2.24) is 14.1 Å². The van der Waals surface area contributed by atoms with Crippen LogP contribution in [0.5, 0.6) is 23.0 Å². The van der Waals surface area contributed by atoms with Crippen LogP contribution in [0.15, 0.2) is 66.7 Å². The second-order valence-corrected chi connectivity index (χ2v) is 11.8. The van der Waals surface area contributed by atoms with Gasteiger partial charge < -0.3 is 28.8 Å². The van der Waals surface area contributed by atoms with Crippen LogP contribution in [-0.2, 0) is 29.3 Å². The third kappa shape index (κ3) is 8.11. The van der Waals surface area contributed by atoms with E-state index < -0.39 is 18.6 Å². The summed E-state index contributed by atoms with van der Waals surface area (Å²) in [7, 11) is 0. The first-order chi connectivity index (χ1) is 22.9. The first-order valence-corrected chi connectivity index (χ1v) is 16.3. The van der Waals surface area contributed by atoms with Crippen molar-refractivity contribution < 1.29 is 33.6 Å². The van der Waals surface area contributed by atoms with Crippen molar-refractivity contribution in [3.05, 3.63) is 94.0 Å². The lowest BCUT2D eigenvalue weighted by Crippen LogP contribution is -2.40. The van der Waals surface area contributed by atoms with Gasteiger partial charge in [-0.05, 0) is 72.0 Å². The quantitative estimate of drug-likeness (QED) is 0.128. The first-order valence-electron chi connectivity index (χ1n) is 15.2. The molecule has 252 valence electrons. The largest absolute Gasteiger partial charge is 0.488 e. The number of hydrogen-bond acceptors (Lipinski definition) is 11. The van der Waals surface area contributed by atoms with E-state index in [-0.39, 0.29) is 38.8 Å². The summed E-state index contributed by atoms with van der Waals surface area (Å²) in [6.45, 7) is 5.34. The molecule has 0 aliphatic carbocycles. The second-order valence-electron chi connectivity index (χ2n) is 10.9. The van der Waals surface area contributed by atoms with E-state index in [4.69, 9.17) is 35.3 Å². The highest BCUT2D eigenvalue weighted by atomic mass is 35.5. The maximum Gasteiger partial charge on any atom is 0.325 e. The molecular weight excluding hydrogens is 677 g/mol. The van der Waals surface area contributed by atoms with Crippen LogP contribution in [0.3, 0.4) is 0 Å². The van der Waals surface area contributed by atoms with Crippen LogP contribution in [0.1, 0.15) is 29.2 Å². The maximum atomic E-state index is 12.3. The summed E-state index contributed by atoms with van der Waals surface area (Å²) >= 11 is 7.90. The Kier molecular flexibility index (Phi) is 12.0. The number of nitrogens with zero attached hydrogens (tertiary/aromatic N) is 2. The lowest BCUT2D eigenvalue weighted by atomic mass is 9.96. The minimum Gasteiger partial charge on any atom is -0.488 e. The van der Waals surface area contributed by atoms with Crippen LogP contribution in [0, 0.1) is 6.92 Å². The summed E-state index contributed by atoms with van der Waals surface area (Å²) in [5, 5.41) is 13.2. The highest BCUT2D eigenvalue weighted by Crippen LogP contribution is 2.37. The number of benzene rings is 4. The molecule has 5 aromatic rings. The van der Waals surface area contributed by atoms with Gasteiger partial charge in [0.05, 0.1) is 30.0 Å². The predicted molar refractivity (Wildman–Crippen MR) is 187 cm³/mol. The molecule has 0 bridgehead atoms. The van der Waals surface area contributed by atoms with Gasteiger partial charge in [-0.3, -0.25) is 10.1 Å². The molecule has 1 aliphatic heterocycles. The third-order valence-corrected chi connectivity index (χ3v) is 8.65. The molecule has 1 atom stereocenters. The molecule has 1 aliphatic rings. The first kappa shape index (κ1) is 35.2. The van der Waals surface area contributed by atoms with Gasteiger partial charge in [0.25, 0.3) is 0 Å². The fraction of sp³-hybridized carbons (Fsp3) is 0.286. The number of aliphatic hydroxyl groups is 1. The molecule has 0 spiro atoms. The van der Waals surface area contributed by atoms with Crippen LogP contribution in [0.2, 0.25) is 5.02 Å². The average molecular weight is 713 g/mol. The molecule has 4 aromatic carbocycles. The normalized spacial score (nSPS) is 12.7. The van der Waals surface area contributed by atoms with Crippen molar-refractivity contribution in [3.8, 4) is 34.1 Å². The van der Waals surface area contributed by atoms with Crippen LogP contribution < -0.4 is 24.3 Å². The molecule has 48 heavy (non-hydrogen) atoms. The summed E-state index contributed by atoms with van der Waals surface area (Å²) in [4.78, 5) is 12.3. The minimum atomic E-state index is -0.901. The van der Waals surface area contributed by atoms with Crippen molar-refractivity contribution in [2.24, 2.45) is 0 Å². The third-order valence-electron chi connectivity index (χ3n) is 7.80. The molecule has 0 fully saturated rings.